The van der Waals surface area contributed by atoms with Crippen molar-refractivity contribution in [2.75, 3.05) is 0 Å². The predicted octanol–water partition coefficient (Wildman–Crippen LogP) is 3.37. The predicted molar refractivity (Wildman–Crippen MR) is 124 cm³/mol. The molecule has 5 aromatic rings. The van der Waals surface area contributed by atoms with E-state index in [1.807, 2.05) is 66.9 Å². The number of aromatic nitrogens is 3. The Kier molecular flexibility index (Phi) is 5.23. The van der Waals surface area contributed by atoms with Gasteiger partial charge in [0.25, 0.3) is 5.56 Å². The Hall–Kier alpha value is -4.23. The van der Waals surface area contributed by atoms with Gasteiger partial charge in [0.05, 0.1) is 26.8 Å². The van der Waals surface area contributed by atoms with E-state index in [2.05, 4.69) is 4.98 Å². The van der Waals surface area contributed by atoms with Gasteiger partial charge in [-0.3, -0.25) is 9.59 Å². The number of nitrogens with zero attached hydrogens (tertiary/aromatic N) is 2. The molecule has 156 valence electrons. The third-order valence-corrected chi connectivity index (χ3v) is 5.77. The minimum absolute atomic E-state index is 0.222. The summed E-state index contributed by atoms with van der Waals surface area (Å²) in [5, 5.41) is 4.77. The van der Waals surface area contributed by atoms with Gasteiger partial charge in [-0.05, 0) is 30.3 Å². The standard InChI is InChI=1S/C25H17N3O3S/c29-20(21-12-7-13-31-21)15-23-26-25(30)22(32-23)14-18-16-28(19-10-5-2-6-11-19)27-24(18)17-8-3-1-4-9-17/h1-16H,(H,26,30)/b22-14-,23-15-. The van der Waals surface area contributed by atoms with Gasteiger partial charge in [-0.2, -0.15) is 5.10 Å². The Morgan fingerprint density at radius 2 is 1.75 bits per heavy atom. The van der Waals surface area contributed by atoms with Crippen LogP contribution < -0.4 is 14.8 Å². The normalized spacial score (nSPS) is 12.4. The highest BCUT2D eigenvalue weighted by atomic mass is 32.1. The Bertz CT molecular complexity index is 1540. The molecule has 0 saturated carbocycles. The number of rotatable bonds is 5. The van der Waals surface area contributed by atoms with Crippen LogP contribution in [0.4, 0.5) is 0 Å². The molecule has 0 unspecified atom stereocenters. The van der Waals surface area contributed by atoms with E-state index in [9.17, 15) is 9.59 Å². The lowest BCUT2D eigenvalue weighted by Gasteiger charge is -2.00. The number of ketones is 1. The Labute approximate surface area is 186 Å². The number of aromatic amines is 1. The lowest BCUT2D eigenvalue weighted by molar-refractivity contribution is 0.103. The molecule has 0 amide bonds. The van der Waals surface area contributed by atoms with Gasteiger partial charge in [-0.15, -0.1) is 11.3 Å². The molecule has 6 nitrogen and oxygen atoms in total. The van der Waals surface area contributed by atoms with Crippen LogP contribution in [0.3, 0.4) is 0 Å². The molecule has 3 heterocycles. The van der Waals surface area contributed by atoms with Crippen LogP contribution in [-0.4, -0.2) is 20.5 Å². The largest absolute Gasteiger partial charge is 0.461 e. The molecular weight excluding hydrogens is 422 g/mol. The Balaban J connectivity index is 1.62. The van der Waals surface area contributed by atoms with E-state index in [4.69, 9.17) is 9.52 Å². The van der Waals surface area contributed by atoms with Gasteiger partial charge in [-0.25, -0.2) is 4.68 Å². The van der Waals surface area contributed by atoms with E-state index in [1.165, 1.54) is 23.7 Å². The first-order chi connectivity index (χ1) is 15.7. The number of Topliss-reactive ketones (excluding diaryl/α,β-unsaturated/α-hetero) is 1. The Morgan fingerprint density at radius 1 is 1.00 bits per heavy atom. The molecule has 0 spiro atoms. The number of para-hydroxylation sites is 1. The fourth-order valence-electron chi connectivity index (χ4n) is 3.30. The van der Waals surface area contributed by atoms with Gasteiger partial charge < -0.3 is 9.40 Å². The van der Waals surface area contributed by atoms with Crippen LogP contribution in [0.2, 0.25) is 0 Å². The van der Waals surface area contributed by atoms with E-state index in [-0.39, 0.29) is 17.1 Å². The summed E-state index contributed by atoms with van der Waals surface area (Å²) in [5.41, 5.74) is 3.17. The van der Waals surface area contributed by atoms with E-state index in [1.54, 1.807) is 22.9 Å². The molecule has 0 atom stereocenters. The zero-order chi connectivity index (χ0) is 21.9. The number of thiazole rings is 1. The van der Waals surface area contributed by atoms with Crippen molar-refractivity contribution in [2.24, 2.45) is 0 Å². The molecule has 5 rings (SSSR count). The minimum Gasteiger partial charge on any atom is -0.461 e. The second-order valence-electron chi connectivity index (χ2n) is 6.99. The number of hydrogen-bond donors (Lipinski definition) is 1. The van der Waals surface area contributed by atoms with Gasteiger partial charge in [0, 0.05) is 23.4 Å². The first-order valence-electron chi connectivity index (χ1n) is 9.88. The number of hydrogen-bond acceptors (Lipinski definition) is 5. The molecule has 0 radical (unpaired) electrons. The summed E-state index contributed by atoms with van der Waals surface area (Å²) in [7, 11) is 0. The van der Waals surface area contributed by atoms with Crippen molar-refractivity contribution >= 4 is 29.3 Å². The molecule has 0 aliphatic carbocycles. The smallest absolute Gasteiger partial charge is 0.266 e. The molecule has 0 saturated heterocycles. The molecule has 0 aliphatic heterocycles. The quantitative estimate of drug-likeness (QED) is 0.426. The van der Waals surface area contributed by atoms with E-state index in [0.29, 0.717) is 9.20 Å². The lowest BCUT2D eigenvalue weighted by Crippen LogP contribution is -2.20. The molecule has 32 heavy (non-hydrogen) atoms. The molecule has 1 N–H and O–H groups in total. The second-order valence-corrected chi connectivity index (χ2v) is 8.08. The van der Waals surface area contributed by atoms with Crippen molar-refractivity contribution in [1.29, 1.82) is 0 Å². The third-order valence-electron chi connectivity index (χ3n) is 4.80. The van der Waals surface area contributed by atoms with Crippen molar-refractivity contribution in [3.63, 3.8) is 0 Å². The lowest BCUT2D eigenvalue weighted by atomic mass is 10.1. The fourth-order valence-corrected chi connectivity index (χ4v) is 4.18. The molecule has 0 aliphatic rings. The van der Waals surface area contributed by atoms with Gasteiger partial charge in [-0.1, -0.05) is 48.5 Å². The van der Waals surface area contributed by atoms with Crippen LogP contribution in [0.5, 0.6) is 0 Å². The molecule has 0 fully saturated rings. The van der Waals surface area contributed by atoms with Crippen molar-refractivity contribution in [2.45, 2.75) is 0 Å². The topological polar surface area (TPSA) is 80.9 Å². The van der Waals surface area contributed by atoms with Crippen LogP contribution >= 0.6 is 11.3 Å². The summed E-state index contributed by atoms with van der Waals surface area (Å²) in [6, 6.07) is 22.8. The van der Waals surface area contributed by atoms with Gasteiger partial charge >= 0.3 is 0 Å². The zero-order valence-corrected chi connectivity index (χ0v) is 17.6. The summed E-state index contributed by atoms with van der Waals surface area (Å²) < 4.78 is 7.86. The van der Waals surface area contributed by atoms with Crippen molar-refractivity contribution in [3.05, 3.63) is 116 Å². The average molecular weight is 439 g/mol. The maximum absolute atomic E-state index is 12.6. The van der Waals surface area contributed by atoms with E-state index >= 15 is 0 Å². The number of furan rings is 1. The highest BCUT2D eigenvalue weighted by Crippen LogP contribution is 2.24. The fraction of sp³-hybridized carbons (Fsp3) is 0. The monoisotopic (exact) mass is 439 g/mol. The van der Waals surface area contributed by atoms with Crippen molar-refractivity contribution in [1.82, 2.24) is 14.8 Å². The van der Waals surface area contributed by atoms with Crippen LogP contribution in [-0.2, 0) is 0 Å². The van der Waals surface area contributed by atoms with Gasteiger partial charge in [0.1, 0.15) is 0 Å². The SMILES string of the molecule is O=C(/C=c1/[nH]c(=O)/c(=C/c2cn(-c3ccccc3)nc2-c2ccccc2)s1)c1ccco1. The number of carbonyl (C=O) groups excluding carboxylic acids is 1. The maximum Gasteiger partial charge on any atom is 0.266 e. The van der Waals surface area contributed by atoms with Gasteiger partial charge in [0.15, 0.2) is 5.76 Å². The van der Waals surface area contributed by atoms with E-state index < -0.39 is 0 Å². The summed E-state index contributed by atoms with van der Waals surface area (Å²) in [4.78, 5) is 27.6. The number of nitrogens with one attached hydrogen (secondary N) is 1. The van der Waals surface area contributed by atoms with Crippen molar-refractivity contribution in [3.8, 4) is 16.9 Å². The van der Waals surface area contributed by atoms with Crippen LogP contribution in [0.25, 0.3) is 29.1 Å². The third kappa shape index (κ3) is 4.01. The van der Waals surface area contributed by atoms with Crippen molar-refractivity contribution < 1.29 is 9.21 Å². The number of benzene rings is 2. The molecule has 2 aromatic carbocycles. The molecule has 3 aromatic heterocycles. The first kappa shape index (κ1) is 19.7. The number of H-pyrrole nitrogens is 1. The molecular formula is C25H17N3O3S. The summed E-state index contributed by atoms with van der Waals surface area (Å²) >= 11 is 1.21. The first-order valence-corrected chi connectivity index (χ1v) is 10.7. The highest BCUT2D eigenvalue weighted by Gasteiger charge is 2.11. The highest BCUT2D eigenvalue weighted by molar-refractivity contribution is 7.07. The molecule has 7 heteroatoms. The van der Waals surface area contributed by atoms with E-state index in [0.717, 1.165) is 22.5 Å². The molecule has 0 bridgehead atoms. The second kappa shape index (κ2) is 8.49. The zero-order valence-electron chi connectivity index (χ0n) is 16.8. The average Bonchev–Trinajstić information content (AvgIpc) is 3.56. The van der Waals surface area contributed by atoms with Crippen LogP contribution in [0, 0.1) is 0 Å². The summed E-state index contributed by atoms with van der Waals surface area (Å²) in [5.74, 6) is -0.0822. The maximum atomic E-state index is 12.6. The number of carbonyl (C=O) groups is 1. The Morgan fingerprint density at radius 3 is 2.47 bits per heavy atom. The minimum atomic E-state index is -0.305. The summed E-state index contributed by atoms with van der Waals surface area (Å²) in [6.07, 6.45) is 6.50. The summed E-state index contributed by atoms with van der Waals surface area (Å²) in [6.45, 7) is 0. The van der Waals surface area contributed by atoms with Crippen LogP contribution in [0.15, 0.2) is 94.5 Å². The van der Waals surface area contributed by atoms with Gasteiger partial charge in [0.2, 0.25) is 5.78 Å². The van der Waals surface area contributed by atoms with Crippen LogP contribution in [0.1, 0.15) is 16.1 Å².